The highest BCUT2D eigenvalue weighted by Gasteiger charge is 2.49. The van der Waals surface area contributed by atoms with Crippen LogP contribution in [0.15, 0.2) is 48.0 Å². The number of hydrogen-bond donors (Lipinski definition) is 1. The van der Waals surface area contributed by atoms with Crippen molar-refractivity contribution in [1.82, 2.24) is 4.90 Å². The number of nitrogens with zero attached hydrogens (tertiary/aromatic N) is 1. The lowest BCUT2D eigenvalue weighted by Gasteiger charge is -2.35. The van der Waals surface area contributed by atoms with E-state index < -0.39 is 17.7 Å². The Bertz CT molecular complexity index is 1190. The van der Waals surface area contributed by atoms with Crippen molar-refractivity contribution in [3.05, 3.63) is 64.7 Å². The SMILES string of the molecule is CCOc1cccc(C2/C(=C(\O)c3ccc(OCC)c(C(C)(C)C)c3)C(=O)C(=O)N2C2CCCCC2)c1. The number of aliphatic hydroxyl groups excluding tert-OH is 1. The van der Waals surface area contributed by atoms with Gasteiger partial charge in [0.15, 0.2) is 0 Å². The monoisotopic (exact) mass is 505 g/mol. The summed E-state index contributed by atoms with van der Waals surface area (Å²) in [6.07, 6.45) is 4.88. The Morgan fingerprint density at radius 2 is 1.68 bits per heavy atom. The summed E-state index contributed by atoms with van der Waals surface area (Å²) in [7, 11) is 0. The Morgan fingerprint density at radius 3 is 2.32 bits per heavy atom. The Balaban J connectivity index is 1.89. The fourth-order valence-electron chi connectivity index (χ4n) is 5.55. The molecule has 2 aromatic carbocycles. The van der Waals surface area contributed by atoms with Crippen LogP contribution in [0.1, 0.15) is 89.5 Å². The van der Waals surface area contributed by atoms with Gasteiger partial charge in [0.2, 0.25) is 0 Å². The van der Waals surface area contributed by atoms with Crippen molar-refractivity contribution in [1.29, 1.82) is 0 Å². The first-order chi connectivity index (χ1) is 17.7. The molecule has 1 N–H and O–H groups in total. The topological polar surface area (TPSA) is 76.1 Å². The standard InChI is InChI=1S/C31H39NO5/c1-6-36-23-15-11-12-20(18-23)27-26(29(34)30(35)32(27)22-13-9-8-10-14-22)28(33)21-16-17-25(37-7-2)24(19-21)31(3,4)5/h11-12,15-19,22,27,33H,6-10,13-14H2,1-5H3/b28-26+. The highest BCUT2D eigenvalue weighted by Crippen LogP contribution is 2.44. The molecule has 1 heterocycles. The molecule has 1 saturated heterocycles. The molecule has 198 valence electrons. The maximum Gasteiger partial charge on any atom is 0.295 e. The molecule has 1 amide bonds. The minimum Gasteiger partial charge on any atom is -0.507 e. The van der Waals surface area contributed by atoms with Gasteiger partial charge in [-0.25, -0.2) is 0 Å². The molecule has 0 bridgehead atoms. The zero-order chi connectivity index (χ0) is 26.7. The van der Waals surface area contributed by atoms with Gasteiger partial charge in [-0.15, -0.1) is 0 Å². The second kappa shape index (κ2) is 11.0. The second-order valence-electron chi connectivity index (χ2n) is 10.9. The van der Waals surface area contributed by atoms with Crippen molar-refractivity contribution in [3.8, 4) is 11.5 Å². The minimum atomic E-state index is -0.673. The van der Waals surface area contributed by atoms with Crippen molar-refractivity contribution >= 4 is 17.4 Å². The number of ketones is 1. The number of aliphatic hydroxyl groups is 1. The number of hydrogen-bond acceptors (Lipinski definition) is 5. The lowest BCUT2D eigenvalue weighted by molar-refractivity contribution is -0.141. The average molecular weight is 506 g/mol. The molecule has 2 aromatic rings. The Morgan fingerprint density at radius 1 is 0.973 bits per heavy atom. The molecule has 1 saturated carbocycles. The van der Waals surface area contributed by atoms with Gasteiger partial charge in [-0.2, -0.15) is 0 Å². The van der Waals surface area contributed by atoms with Crippen molar-refractivity contribution in [2.45, 2.75) is 84.2 Å². The highest BCUT2D eigenvalue weighted by atomic mass is 16.5. The normalized spacial score (nSPS) is 20.4. The number of amides is 1. The summed E-state index contributed by atoms with van der Waals surface area (Å²) in [4.78, 5) is 28.8. The van der Waals surface area contributed by atoms with E-state index in [1.54, 1.807) is 11.0 Å². The zero-order valence-corrected chi connectivity index (χ0v) is 22.7. The van der Waals surface area contributed by atoms with E-state index in [1.165, 1.54) is 0 Å². The maximum atomic E-state index is 13.6. The Hall–Kier alpha value is -3.28. The third-order valence-electron chi connectivity index (χ3n) is 7.29. The average Bonchev–Trinajstić information content (AvgIpc) is 3.14. The van der Waals surface area contributed by atoms with E-state index in [2.05, 4.69) is 20.8 Å². The number of benzene rings is 2. The summed E-state index contributed by atoms with van der Waals surface area (Å²) in [6.45, 7) is 11.1. The minimum absolute atomic E-state index is 0.0401. The van der Waals surface area contributed by atoms with Crippen LogP contribution in [0.25, 0.3) is 5.76 Å². The van der Waals surface area contributed by atoms with Crippen LogP contribution >= 0.6 is 0 Å². The molecule has 1 unspecified atom stereocenters. The van der Waals surface area contributed by atoms with Crippen molar-refractivity contribution in [2.24, 2.45) is 0 Å². The Kier molecular flexibility index (Phi) is 7.96. The van der Waals surface area contributed by atoms with Crippen LogP contribution in [0, 0.1) is 0 Å². The lowest BCUT2D eigenvalue weighted by Crippen LogP contribution is -2.40. The van der Waals surface area contributed by atoms with Crippen molar-refractivity contribution in [2.75, 3.05) is 13.2 Å². The molecule has 6 nitrogen and oxygen atoms in total. The molecule has 1 aliphatic carbocycles. The van der Waals surface area contributed by atoms with Crippen LogP contribution in [0.2, 0.25) is 0 Å². The first kappa shape index (κ1) is 26.8. The summed E-state index contributed by atoms with van der Waals surface area (Å²) in [5, 5.41) is 11.6. The number of carbonyl (C=O) groups excluding carboxylic acids is 2. The van der Waals surface area contributed by atoms with Gasteiger partial charge in [-0.1, -0.05) is 52.2 Å². The van der Waals surface area contributed by atoms with Crippen molar-refractivity contribution in [3.63, 3.8) is 0 Å². The number of Topliss-reactive ketones (excluding diaryl/α,β-unsaturated/α-hetero) is 1. The quantitative estimate of drug-likeness (QED) is 0.263. The van der Waals surface area contributed by atoms with Gasteiger partial charge >= 0.3 is 0 Å². The van der Waals surface area contributed by atoms with Crippen LogP contribution in [0.3, 0.4) is 0 Å². The number of likely N-dealkylation sites (tertiary alicyclic amines) is 1. The van der Waals surface area contributed by atoms with E-state index in [0.29, 0.717) is 24.5 Å². The molecule has 0 radical (unpaired) electrons. The molecule has 1 aliphatic heterocycles. The largest absolute Gasteiger partial charge is 0.507 e. The van der Waals surface area contributed by atoms with Crippen LogP contribution in [0.4, 0.5) is 0 Å². The maximum absolute atomic E-state index is 13.6. The summed E-state index contributed by atoms with van der Waals surface area (Å²) in [5.41, 5.74) is 2.07. The van der Waals surface area contributed by atoms with Gasteiger partial charge in [0.1, 0.15) is 17.3 Å². The first-order valence-corrected chi connectivity index (χ1v) is 13.5. The Labute approximate surface area is 220 Å². The van der Waals surface area contributed by atoms with Gasteiger partial charge in [-0.3, -0.25) is 9.59 Å². The molecular weight excluding hydrogens is 466 g/mol. The summed E-state index contributed by atoms with van der Waals surface area (Å²) < 4.78 is 11.6. The van der Waals surface area contributed by atoms with E-state index >= 15 is 0 Å². The van der Waals surface area contributed by atoms with E-state index in [-0.39, 0.29) is 22.8 Å². The first-order valence-electron chi connectivity index (χ1n) is 13.5. The zero-order valence-electron chi connectivity index (χ0n) is 22.7. The van der Waals surface area contributed by atoms with Gasteiger partial charge in [0, 0.05) is 17.2 Å². The number of carbonyl (C=O) groups is 2. The number of rotatable bonds is 7. The molecule has 4 rings (SSSR count). The molecular formula is C31H39NO5. The van der Waals surface area contributed by atoms with E-state index in [1.807, 2.05) is 50.2 Å². The summed E-state index contributed by atoms with van der Waals surface area (Å²) in [5.74, 6) is 0.0841. The van der Waals surface area contributed by atoms with Crippen molar-refractivity contribution < 1.29 is 24.2 Å². The fraction of sp³-hybridized carbons (Fsp3) is 0.484. The van der Waals surface area contributed by atoms with E-state index in [0.717, 1.165) is 49.0 Å². The highest BCUT2D eigenvalue weighted by molar-refractivity contribution is 6.46. The predicted octanol–water partition coefficient (Wildman–Crippen LogP) is 6.54. The van der Waals surface area contributed by atoms with Crippen LogP contribution in [-0.4, -0.2) is 41.0 Å². The third-order valence-corrected chi connectivity index (χ3v) is 7.29. The molecule has 2 aliphatic rings. The van der Waals surface area contributed by atoms with Crippen LogP contribution in [-0.2, 0) is 15.0 Å². The van der Waals surface area contributed by atoms with Crippen LogP contribution in [0.5, 0.6) is 11.5 Å². The summed E-state index contributed by atoms with van der Waals surface area (Å²) in [6, 6.07) is 12.3. The van der Waals surface area contributed by atoms with Crippen LogP contribution < -0.4 is 9.47 Å². The molecule has 6 heteroatoms. The molecule has 1 atom stereocenters. The fourth-order valence-corrected chi connectivity index (χ4v) is 5.55. The van der Waals surface area contributed by atoms with E-state index in [9.17, 15) is 14.7 Å². The molecule has 37 heavy (non-hydrogen) atoms. The lowest BCUT2D eigenvalue weighted by atomic mass is 9.84. The second-order valence-corrected chi connectivity index (χ2v) is 10.9. The van der Waals surface area contributed by atoms with Gasteiger partial charge in [-0.05, 0) is 68.0 Å². The summed E-state index contributed by atoms with van der Waals surface area (Å²) >= 11 is 0. The van der Waals surface area contributed by atoms with Gasteiger partial charge in [0.25, 0.3) is 11.7 Å². The third kappa shape index (κ3) is 5.39. The predicted molar refractivity (Wildman–Crippen MR) is 145 cm³/mol. The van der Waals surface area contributed by atoms with Gasteiger partial charge in [0.05, 0.1) is 24.8 Å². The molecule has 0 spiro atoms. The van der Waals surface area contributed by atoms with E-state index in [4.69, 9.17) is 9.47 Å². The molecule has 0 aromatic heterocycles. The van der Waals surface area contributed by atoms with Gasteiger partial charge < -0.3 is 19.5 Å². The number of ether oxygens (including phenoxy) is 2. The smallest absolute Gasteiger partial charge is 0.295 e. The molecule has 2 fully saturated rings.